The second-order valence-corrected chi connectivity index (χ2v) is 5.22. The number of hydrogen-bond acceptors (Lipinski definition) is 3. The van der Waals surface area contributed by atoms with Gasteiger partial charge in [0, 0.05) is 0 Å². The zero-order valence-corrected chi connectivity index (χ0v) is 10.1. The van der Waals surface area contributed by atoms with Crippen molar-refractivity contribution < 1.29 is 14.3 Å². The van der Waals surface area contributed by atoms with Crippen molar-refractivity contribution in [2.45, 2.75) is 51.7 Å². The van der Waals surface area contributed by atoms with E-state index in [1.54, 1.807) is 20.8 Å². The van der Waals surface area contributed by atoms with Gasteiger partial charge in [0.05, 0.1) is 0 Å². The second kappa shape index (κ2) is 4.72. The van der Waals surface area contributed by atoms with Crippen LogP contribution in [0.1, 0.15) is 40.0 Å². The fourth-order valence-corrected chi connectivity index (χ4v) is 1.63. The van der Waals surface area contributed by atoms with Crippen LogP contribution in [-0.4, -0.2) is 23.6 Å². The highest BCUT2D eigenvalue weighted by molar-refractivity contribution is 5.84. The van der Waals surface area contributed by atoms with E-state index < -0.39 is 23.6 Å². The van der Waals surface area contributed by atoms with Gasteiger partial charge in [0.1, 0.15) is 11.6 Å². The number of amides is 2. The molecule has 3 N–H and O–H groups in total. The van der Waals surface area contributed by atoms with Crippen LogP contribution in [0, 0.1) is 5.92 Å². The molecule has 1 aliphatic rings. The lowest BCUT2D eigenvalue weighted by Crippen LogP contribution is -2.52. The lowest BCUT2D eigenvalue weighted by Gasteiger charge is -2.32. The van der Waals surface area contributed by atoms with Crippen LogP contribution < -0.4 is 11.1 Å². The van der Waals surface area contributed by atoms with Gasteiger partial charge < -0.3 is 15.8 Å². The first kappa shape index (κ1) is 12.8. The summed E-state index contributed by atoms with van der Waals surface area (Å²) in [5.74, 6) is -0.319. The Kier molecular flexibility index (Phi) is 3.78. The van der Waals surface area contributed by atoms with Gasteiger partial charge in [-0.3, -0.25) is 4.79 Å². The van der Waals surface area contributed by atoms with Gasteiger partial charge >= 0.3 is 6.09 Å². The Morgan fingerprint density at radius 2 is 1.94 bits per heavy atom. The molecule has 1 fully saturated rings. The van der Waals surface area contributed by atoms with Crippen LogP contribution in [0.15, 0.2) is 0 Å². The molecule has 1 saturated carbocycles. The van der Waals surface area contributed by atoms with Gasteiger partial charge in [-0.25, -0.2) is 4.79 Å². The maximum Gasteiger partial charge on any atom is 0.408 e. The van der Waals surface area contributed by atoms with Crippen LogP contribution >= 0.6 is 0 Å². The molecule has 1 unspecified atom stereocenters. The Labute approximate surface area is 95.7 Å². The smallest absolute Gasteiger partial charge is 0.408 e. The first-order valence-corrected chi connectivity index (χ1v) is 5.58. The summed E-state index contributed by atoms with van der Waals surface area (Å²) >= 11 is 0. The number of rotatable bonds is 3. The Balaban J connectivity index is 2.48. The summed E-state index contributed by atoms with van der Waals surface area (Å²) in [6.07, 6.45) is 2.38. The summed E-state index contributed by atoms with van der Waals surface area (Å²) < 4.78 is 5.08. The van der Waals surface area contributed by atoms with E-state index in [-0.39, 0.29) is 5.92 Å². The number of hydrogen-bond donors (Lipinski definition) is 2. The minimum atomic E-state index is -0.594. The van der Waals surface area contributed by atoms with Crippen LogP contribution in [0.4, 0.5) is 4.79 Å². The van der Waals surface area contributed by atoms with E-state index in [4.69, 9.17) is 10.5 Å². The van der Waals surface area contributed by atoms with E-state index >= 15 is 0 Å². The van der Waals surface area contributed by atoms with E-state index in [1.165, 1.54) is 0 Å². The van der Waals surface area contributed by atoms with Gasteiger partial charge in [-0.15, -0.1) is 0 Å². The van der Waals surface area contributed by atoms with Crippen molar-refractivity contribution in [2.75, 3.05) is 0 Å². The zero-order valence-electron chi connectivity index (χ0n) is 10.1. The van der Waals surface area contributed by atoms with Gasteiger partial charge in [-0.2, -0.15) is 0 Å². The summed E-state index contributed by atoms with van der Waals surface area (Å²) in [6.45, 7) is 5.32. The largest absolute Gasteiger partial charge is 0.444 e. The van der Waals surface area contributed by atoms with E-state index in [1.807, 2.05) is 0 Å². The molecule has 0 saturated heterocycles. The zero-order chi connectivity index (χ0) is 12.3. The van der Waals surface area contributed by atoms with E-state index in [9.17, 15) is 9.59 Å². The molecule has 0 aromatic heterocycles. The molecule has 0 aromatic carbocycles. The molecule has 2 amide bonds. The van der Waals surface area contributed by atoms with Crippen molar-refractivity contribution in [3.05, 3.63) is 0 Å². The highest BCUT2D eigenvalue weighted by Gasteiger charge is 2.33. The summed E-state index contributed by atoms with van der Waals surface area (Å²) in [5.41, 5.74) is 4.69. The highest BCUT2D eigenvalue weighted by atomic mass is 16.6. The number of primary amides is 1. The third kappa shape index (κ3) is 3.72. The monoisotopic (exact) mass is 228 g/mol. The van der Waals surface area contributed by atoms with Crippen molar-refractivity contribution in [1.82, 2.24) is 5.32 Å². The number of nitrogens with one attached hydrogen (secondary N) is 1. The minimum absolute atomic E-state index is 0.171. The average molecular weight is 228 g/mol. The van der Waals surface area contributed by atoms with Crippen molar-refractivity contribution in [1.29, 1.82) is 0 Å². The SMILES string of the molecule is CC(C)(C)OC(=O)NC(C(N)=O)C1CCC1. The molecule has 0 bridgehead atoms. The molecule has 0 spiro atoms. The maximum atomic E-state index is 11.5. The number of carbonyl (C=O) groups is 2. The van der Waals surface area contributed by atoms with Crippen LogP contribution in [-0.2, 0) is 9.53 Å². The predicted molar refractivity (Wildman–Crippen MR) is 59.7 cm³/mol. The quantitative estimate of drug-likeness (QED) is 0.760. The minimum Gasteiger partial charge on any atom is -0.444 e. The second-order valence-electron chi connectivity index (χ2n) is 5.22. The van der Waals surface area contributed by atoms with Crippen molar-refractivity contribution in [3.63, 3.8) is 0 Å². The van der Waals surface area contributed by atoms with Gasteiger partial charge in [-0.1, -0.05) is 6.42 Å². The molecule has 1 rings (SSSR count). The lowest BCUT2D eigenvalue weighted by molar-refractivity contribution is -0.122. The predicted octanol–water partition coefficient (Wildman–Crippen LogP) is 1.17. The third-order valence-electron chi connectivity index (χ3n) is 2.60. The van der Waals surface area contributed by atoms with Crippen molar-refractivity contribution in [3.8, 4) is 0 Å². The maximum absolute atomic E-state index is 11.5. The number of ether oxygens (including phenoxy) is 1. The molecule has 0 heterocycles. The van der Waals surface area contributed by atoms with Gasteiger partial charge in [-0.05, 0) is 39.5 Å². The standard InChI is InChI=1S/C11H20N2O3/c1-11(2,3)16-10(15)13-8(9(12)14)7-5-4-6-7/h7-8H,4-6H2,1-3H3,(H2,12,14)(H,13,15). The van der Waals surface area contributed by atoms with Gasteiger partial charge in [0.2, 0.25) is 5.91 Å². The van der Waals surface area contributed by atoms with Crippen LogP contribution in [0.25, 0.3) is 0 Å². The molecule has 5 nitrogen and oxygen atoms in total. The van der Waals surface area contributed by atoms with Crippen LogP contribution in [0.3, 0.4) is 0 Å². The normalized spacial score (nSPS) is 18.4. The number of alkyl carbamates (subject to hydrolysis) is 1. The molecule has 16 heavy (non-hydrogen) atoms. The van der Waals surface area contributed by atoms with Crippen molar-refractivity contribution >= 4 is 12.0 Å². The Bertz CT molecular complexity index is 279. The summed E-state index contributed by atoms with van der Waals surface area (Å²) in [5, 5.41) is 2.54. The fourth-order valence-electron chi connectivity index (χ4n) is 1.63. The first-order valence-electron chi connectivity index (χ1n) is 5.58. The third-order valence-corrected chi connectivity index (χ3v) is 2.60. The highest BCUT2D eigenvalue weighted by Crippen LogP contribution is 2.29. The Morgan fingerprint density at radius 3 is 2.25 bits per heavy atom. The molecule has 1 atom stereocenters. The Hall–Kier alpha value is -1.26. The van der Waals surface area contributed by atoms with E-state index in [2.05, 4.69) is 5.32 Å². The topological polar surface area (TPSA) is 81.4 Å². The summed E-state index contributed by atoms with van der Waals surface area (Å²) in [7, 11) is 0. The van der Waals surface area contributed by atoms with E-state index in [0.29, 0.717) is 0 Å². The van der Waals surface area contributed by atoms with Crippen molar-refractivity contribution in [2.24, 2.45) is 11.7 Å². The molecule has 0 aliphatic heterocycles. The molecule has 0 aromatic rings. The van der Waals surface area contributed by atoms with Crippen LogP contribution in [0.5, 0.6) is 0 Å². The first-order chi connectivity index (χ1) is 7.29. The molecular formula is C11H20N2O3. The van der Waals surface area contributed by atoms with E-state index in [0.717, 1.165) is 19.3 Å². The molecular weight excluding hydrogens is 208 g/mol. The van der Waals surface area contributed by atoms with Crippen LogP contribution in [0.2, 0.25) is 0 Å². The number of nitrogens with two attached hydrogens (primary N) is 1. The molecule has 1 aliphatic carbocycles. The molecule has 92 valence electrons. The fraction of sp³-hybridized carbons (Fsp3) is 0.818. The lowest BCUT2D eigenvalue weighted by atomic mass is 9.79. The van der Waals surface area contributed by atoms with Gasteiger partial charge in [0.25, 0.3) is 0 Å². The average Bonchev–Trinajstić information content (AvgIpc) is 1.95. The summed E-state index contributed by atoms with van der Waals surface area (Å²) in [6, 6.07) is -0.594. The number of carbonyl (C=O) groups excluding carboxylic acids is 2. The Morgan fingerprint density at radius 1 is 1.38 bits per heavy atom. The summed E-state index contributed by atoms with van der Waals surface area (Å²) in [4.78, 5) is 22.7. The van der Waals surface area contributed by atoms with Gasteiger partial charge in [0.15, 0.2) is 0 Å². The molecule has 5 heteroatoms. The molecule has 0 radical (unpaired) electrons.